The summed E-state index contributed by atoms with van der Waals surface area (Å²) in [5, 5.41) is 13.7. The van der Waals surface area contributed by atoms with E-state index in [1.54, 1.807) is 6.08 Å². The molecule has 1 aromatic rings. The van der Waals surface area contributed by atoms with Gasteiger partial charge in [0.05, 0.1) is 0 Å². The number of urea groups is 1. The zero-order valence-corrected chi connectivity index (χ0v) is 18.6. The third-order valence-electron chi connectivity index (χ3n) is 5.91. The molecule has 2 aliphatic rings. The molecule has 0 spiro atoms. The fourth-order valence-electron chi connectivity index (χ4n) is 4.27. The predicted molar refractivity (Wildman–Crippen MR) is 116 cm³/mol. The van der Waals surface area contributed by atoms with Gasteiger partial charge in [0.2, 0.25) is 0 Å². The van der Waals surface area contributed by atoms with Gasteiger partial charge >= 0.3 is 6.03 Å². The second-order valence-electron chi connectivity index (χ2n) is 10.4. The van der Waals surface area contributed by atoms with E-state index < -0.39 is 0 Å². The molecule has 0 radical (unpaired) electrons. The van der Waals surface area contributed by atoms with Crippen molar-refractivity contribution in [1.29, 1.82) is 0 Å². The molecule has 1 saturated carbocycles. The zero-order chi connectivity index (χ0) is 21.6. The molecule has 0 atom stereocenters. The summed E-state index contributed by atoms with van der Waals surface area (Å²) >= 11 is 0. The molecule has 5 nitrogen and oxygen atoms in total. The van der Waals surface area contributed by atoms with Crippen molar-refractivity contribution in [1.82, 2.24) is 10.2 Å². The SMILES string of the molecule is CC(C)(C)c1cc(/C=C2\NC(=O)N(C3CCCCC3)C2=O)cc(C(C)(C)C)c1O. The van der Waals surface area contributed by atoms with Gasteiger partial charge in [-0.2, -0.15) is 0 Å². The van der Waals surface area contributed by atoms with Gasteiger partial charge in [-0.15, -0.1) is 0 Å². The lowest BCUT2D eigenvalue weighted by Crippen LogP contribution is -2.41. The highest BCUT2D eigenvalue weighted by atomic mass is 16.3. The Labute approximate surface area is 174 Å². The van der Waals surface area contributed by atoms with Gasteiger partial charge in [0.1, 0.15) is 11.4 Å². The molecule has 158 valence electrons. The molecule has 0 aromatic heterocycles. The van der Waals surface area contributed by atoms with Crippen LogP contribution in [-0.4, -0.2) is 28.0 Å². The summed E-state index contributed by atoms with van der Waals surface area (Å²) in [5.41, 5.74) is 2.28. The summed E-state index contributed by atoms with van der Waals surface area (Å²) < 4.78 is 0. The van der Waals surface area contributed by atoms with Crippen molar-refractivity contribution in [2.75, 3.05) is 0 Å². The van der Waals surface area contributed by atoms with Crippen LogP contribution in [-0.2, 0) is 15.6 Å². The van der Waals surface area contributed by atoms with Crippen LogP contribution in [0.2, 0.25) is 0 Å². The van der Waals surface area contributed by atoms with Crippen LogP contribution < -0.4 is 5.32 Å². The minimum Gasteiger partial charge on any atom is -0.507 e. The summed E-state index contributed by atoms with van der Waals surface area (Å²) in [6.45, 7) is 12.3. The van der Waals surface area contributed by atoms with Gasteiger partial charge in [0.15, 0.2) is 0 Å². The van der Waals surface area contributed by atoms with Crippen LogP contribution in [0, 0.1) is 0 Å². The van der Waals surface area contributed by atoms with Crippen LogP contribution in [0.1, 0.15) is 90.3 Å². The number of rotatable bonds is 2. The first-order valence-electron chi connectivity index (χ1n) is 10.6. The van der Waals surface area contributed by atoms with Crippen molar-refractivity contribution < 1.29 is 14.7 Å². The van der Waals surface area contributed by atoms with E-state index in [0.717, 1.165) is 42.4 Å². The molecule has 29 heavy (non-hydrogen) atoms. The zero-order valence-electron chi connectivity index (χ0n) is 18.6. The summed E-state index contributed by atoms with van der Waals surface area (Å²) in [6, 6.07) is 3.51. The predicted octanol–water partition coefficient (Wildman–Crippen LogP) is 5.21. The van der Waals surface area contributed by atoms with Gasteiger partial charge in [0, 0.05) is 17.2 Å². The topological polar surface area (TPSA) is 69.6 Å². The first kappa shape index (κ1) is 21.4. The Kier molecular flexibility index (Phi) is 5.54. The van der Waals surface area contributed by atoms with Gasteiger partial charge in [-0.05, 0) is 47.4 Å². The molecule has 2 N–H and O–H groups in total. The van der Waals surface area contributed by atoms with Crippen LogP contribution in [0.4, 0.5) is 4.79 Å². The number of benzene rings is 1. The smallest absolute Gasteiger partial charge is 0.329 e. The molecule has 1 aromatic carbocycles. The first-order chi connectivity index (χ1) is 13.4. The Hall–Kier alpha value is -2.30. The summed E-state index contributed by atoms with van der Waals surface area (Å²) in [7, 11) is 0. The maximum Gasteiger partial charge on any atom is 0.329 e. The molecule has 5 heteroatoms. The number of hydrogen-bond acceptors (Lipinski definition) is 3. The van der Waals surface area contributed by atoms with Crippen molar-refractivity contribution in [3.05, 3.63) is 34.5 Å². The fraction of sp³-hybridized carbons (Fsp3) is 0.583. The number of aromatic hydroxyl groups is 1. The highest BCUT2D eigenvalue weighted by Gasteiger charge is 2.39. The van der Waals surface area contributed by atoms with E-state index in [4.69, 9.17) is 0 Å². The molecule has 2 fully saturated rings. The lowest BCUT2D eigenvalue weighted by atomic mass is 9.78. The molecular weight excluding hydrogens is 364 g/mol. The molecule has 1 aliphatic carbocycles. The maximum absolute atomic E-state index is 13.0. The quantitative estimate of drug-likeness (QED) is 0.530. The van der Waals surface area contributed by atoms with E-state index in [9.17, 15) is 14.7 Å². The van der Waals surface area contributed by atoms with Gasteiger partial charge < -0.3 is 10.4 Å². The van der Waals surface area contributed by atoms with Crippen molar-refractivity contribution in [3.8, 4) is 5.75 Å². The molecule has 0 unspecified atom stereocenters. The Balaban J connectivity index is 2.01. The Bertz CT molecular complexity index is 815. The van der Waals surface area contributed by atoms with E-state index in [1.165, 1.54) is 11.3 Å². The minimum atomic E-state index is -0.320. The first-order valence-corrected chi connectivity index (χ1v) is 10.6. The van der Waals surface area contributed by atoms with Crippen molar-refractivity contribution in [3.63, 3.8) is 0 Å². The number of carbonyl (C=O) groups excluding carboxylic acids is 2. The lowest BCUT2D eigenvalue weighted by Gasteiger charge is -2.28. The second kappa shape index (κ2) is 7.51. The summed E-state index contributed by atoms with van der Waals surface area (Å²) in [6.07, 6.45) is 6.79. The lowest BCUT2D eigenvalue weighted by molar-refractivity contribution is -0.124. The van der Waals surface area contributed by atoms with E-state index >= 15 is 0 Å². The summed E-state index contributed by atoms with van der Waals surface area (Å²) in [4.78, 5) is 26.9. The number of nitrogens with zero attached hydrogens (tertiary/aromatic N) is 1. The van der Waals surface area contributed by atoms with Crippen molar-refractivity contribution in [2.45, 2.75) is 90.5 Å². The fourth-order valence-corrected chi connectivity index (χ4v) is 4.27. The molecule has 3 rings (SSSR count). The van der Waals surface area contributed by atoms with Gasteiger partial charge in [0.25, 0.3) is 5.91 Å². The largest absolute Gasteiger partial charge is 0.507 e. The second-order valence-corrected chi connectivity index (χ2v) is 10.4. The van der Waals surface area contributed by atoms with Gasteiger partial charge in [-0.25, -0.2) is 4.79 Å². The Morgan fingerprint density at radius 1 is 0.966 bits per heavy atom. The number of phenolic OH excluding ortho intramolecular Hbond substituents is 1. The standard InChI is InChI=1S/C24H34N2O3/c1-23(2,3)17-12-15(13-18(20(17)27)24(4,5)6)14-19-21(28)26(22(29)25-19)16-10-8-7-9-11-16/h12-14,16,27H,7-11H2,1-6H3,(H,25,29)/b19-14-. The third-order valence-corrected chi connectivity index (χ3v) is 5.91. The van der Waals surface area contributed by atoms with Crippen LogP contribution >= 0.6 is 0 Å². The van der Waals surface area contributed by atoms with Crippen molar-refractivity contribution >= 4 is 18.0 Å². The van der Waals surface area contributed by atoms with Crippen LogP contribution in [0.15, 0.2) is 17.8 Å². The van der Waals surface area contributed by atoms with E-state index in [2.05, 4.69) is 46.9 Å². The number of nitrogens with one attached hydrogen (secondary N) is 1. The van der Waals surface area contributed by atoms with E-state index in [0.29, 0.717) is 11.4 Å². The number of hydrogen-bond donors (Lipinski definition) is 2. The highest BCUT2D eigenvalue weighted by molar-refractivity contribution is 6.14. The van der Waals surface area contributed by atoms with Crippen molar-refractivity contribution in [2.24, 2.45) is 0 Å². The molecule has 0 bridgehead atoms. The monoisotopic (exact) mass is 398 g/mol. The molecule has 3 amide bonds. The number of amides is 3. The highest BCUT2D eigenvalue weighted by Crippen LogP contribution is 2.40. The van der Waals surface area contributed by atoms with E-state index in [1.807, 2.05) is 12.1 Å². The normalized spacial score (nSPS) is 20.5. The molecule has 1 heterocycles. The number of phenols is 1. The van der Waals surface area contributed by atoms with Gasteiger partial charge in [-0.1, -0.05) is 60.8 Å². The Morgan fingerprint density at radius 3 is 1.97 bits per heavy atom. The molecule has 1 saturated heterocycles. The average Bonchev–Trinajstić information content (AvgIpc) is 2.88. The maximum atomic E-state index is 13.0. The molecule has 1 aliphatic heterocycles. The third kappa shape index (κ3) is 4.34. The van der Waals surface area contributed by atoms with Gasteiger partial charge in [-0.3, -0.25) is 9.69 Å². The van der Waals surface area contributed by atoms with E-state index in [-0.39, 0.29) is 28.8 Å². The average molecular weight is 399 g/mol. The number of imide groups is 1. The van der Waals surface area contributed by atoms with Crippen LogP contribution in [0.5, 0.6) is 5.75 Å². The van der Waals surface area contributed by atoms with Crippen LogP contribution in [0.25, 0.3) is 6.08 Å². The minimum absolute atomic E-state index is 0.00256. The molecular formula is C24H34N2O3. The van der Waals surface area contributed by atoms with Crippen LogP contribution in [0.3, 0.4) is 0 Å². The number of carbonyl (C=O) groups is 2. The Morgan fingerprint density at radius 2 is 1.48 bits per heavy atom. The summed E-state index contributed by atoms with van der Waals surface area (Å²) in [5.74, 6) is 0.0577.